The Morgan fingerprint density at radius 3 is 2.52 bits per heavy atom. The number of carbonyl (C=O) groups is 2. The maximum absolute atomic E-state index is 13.1. The molecule has 4 aliphatic rings. The van der Waals surface area contributed by atoms with Crippen LogP contribution in [0.15, 0.2) is 12.2 Å². The molecule has 4 aliphatic heterocycles. The quantitative estimate of drug-likeness (QED) is 0.600. The number of hydrogen-bond acceptors (Lipinski definition) is 5. The molecule has 0 radical (unpaired) electrons. The topological polar surface area (TPSA) is 84.0 Å². The zero-order chi connectivity index (χ0) is 18.2. The van der Waals surface area contributed by atoms with Gasteiger partial charge >= 0.3 is 0 Å². The summed E-state index contributed by atoms with van der Waals surface area (Å²) in [5, 5.41) is 0. The van der Waals surface area contributed by atoms with Crippen LogP contribution in [-0.2, 0) is 24.2 Å². The van der Waals surface area contributed by atoms with Crippen molar-refractivity contribution in [3.05, 3.63) is 12.2 Å². The highest BCUT2D eigenvalue weighted by atomic mass is 32.2. The van der Waals surface area contributed by atoms with Crippen LogP contribution >= 0.6 is 0 Å². The SMILES string of the molecule is CC(C)(C)N1C[C@@]23C=C[C@@H](O2)C(C(=O)N2CCS(=O)(=O)CC2)C3C1=O. The molecule has 25 heavy (non-hydrogen) atoms. The summed E-state index contributed by atoms with van der Waals surface area (Å²) in [6.07, 6.45) is 3.44. The number of rotatable bonds is 1. The van der Waals surface area contributed by atoms with Crippen LogP contribution in [-0.4, -0.2) is 78.4 Å². The summed E-state index contributed by atoms with van der Waals surface area (Å²) in [6.45, 7) is 6.79. The van der Waals surface area contributed by atoms with Crippen molar-refractivity contribution in [3.63, 3.8) is 0 Å². The van der Waals surface area contributed by atoms with Gasteiger partial charge in [-0.05, 0) is 20.8 Å². The Kier molecular flexibility index (Phi) is 3.45. The van der Waals surface area contributed by atoms with E-state index in [0.717, 1.165) is 0 Å². The molecule has 4 atom stereocenters. The number of amides is 2. The van der Waals surface area contributed by atoms with Crippen molar-refractivity contribution in [1.82, 2.24) is 9.80 Å². The molecule has 0 aromatic carbocycles. The third kappa shape index (κ3) is 2.44. The molecule has 0 aromatic rings. The minimum Gasteiger partial charge on any atom is -0.360 e. The third-order valence-electron chi connectivity index (χ3n) is 5.85. The molecule has 0 saturated carbocycles. The summed E-state index contributed by atoms with van der Waals surface area (Å²) >= 11 is 0. The Hall–Kier alpha value is -1.41. The van der Waals surface area contributed by atoms with Gasteiger partial charge in [0.2, 0.25) is 11.8 Å². The van der Waals surface area contributed by atoms with E-state index >= 15 is 0 Å². The van der Waals surface area contributed by atoms with Crippen molar-refractivity contribution in [2.24, 2.45) is 11.8 Å². The van der Waals surface area contributed by atoms with Gasteiger partial charge in [0.05, 0.1) is 36.0 Å². The lowest BCUT2D eigenvalue weighted by Gasteiger charge is -2.34. The smallest absolute Gasteiger partial charge is 0.230 e. The highest BCUT2D eigenvalue weighted by Gasteiger charge is 2.68. The van der Waals surface area contributed by atoms with Crippen LogP contribution in [0.1, 0.15) is 20.8 Å². The fourth-order valence-corrected chi connectivity index (χ4v) is 5.69. The maximum atomic E-state index is 13.1. The minimum atomic E-state index is -3.06. The Morgan fingerprint density at radius 2 is 1.92 bits per heavy atom. The molecule has 3 fully saturated rings. The first-order valence-electron chi connectivity index (χ1n) is 8.72. The molecule has 2 unspecified atom stereocenters. The van der Waals surface area contributed by atoms with Crippen molar-refractivity contribution >= 4 is 21.7 Å². The number of ether oxygens (including phenoxy) is 1. The van der Waals surface area contributed by atoms with Gasteiger partial charge in [-0.3, -0.25) is 9.59 Å². The molecule has 7 nitrogen and oxygen atoms in total. The fraction of sp³-hybridized carbons (Fsp3) is 0.765. The van der Waals surface area contributed by atoms with E-state index in [-0.39, 0.29) is 48.1 Å². The van der Waals surface area contributed by atoms with E-state index in [9.17, 15) is 18.0 Å². The van der Waals surface area contributed by atoms with E-state index in [4.69, 9.17) is 4.74 Å². The van der Waals surface area contributed by atoms with Crippen LogP contribution in [0.5, 0.6) is 0 Å². The monoisotopic (exact) mass is 368 g/mol. The lowest BCUT2D eigenvalue weighted by atomic mass is 9.76. The van der Waals surface area contributed by atoms with Gasteiger partial charge in [0.1, 0.15) is 5.60 Å². The van der Waals surface area contributed by atoms with Crippen LogP contribution in [0.3, 0.4) is 0 Å². The average molecular weight is 368 g/mol. The Bertz CT molecular complexity index is 754. The summed E-state index contributed by atoms with van der Waals surface area (Å²) in [7, 11) is -3.06. The number of likely N-dealkylation sites (tertiary alicyclic amines) is 1. The van der Waals surface area contributed by atoms with Crippen LogP contribution < -0.4 is 0 Å². The van der Waals surface area contributed by atoms with E-state index in [2.05, 4.69) is 0 Å². The van der Waals surface area contributed by atoms with Gasteiger partial charge in [0.25, 0.3) is 0 Å². The number of sulfone groups is 1. The minimum absolute atomic E-state index is 0.00923. The summed E-state index contributed by atoms with van der Waals surface area (Å²) < 4.78 is 29.3. The van der Waals surface area contributed by atoms with E-state index < -0.39 is 27.3 Å². The molecule has 8 heteroatoms. The van der Waals surface area contributed by atoms with E-state index in [1.165, 1.54) is 0 Å². The van der Waals surface area contributed by atoms with Crippen molar-refractivity contribution < 1.29 is 22.7 Å². The molecule has 0 N–H and O–H groups in total. The van der Waals surface area contributed by atoms with E-state index in [1.54, 1.807) is 9.80 Å². The predicted octanol–water partition coefficient (Wildman–Crippen LogP) is -0.176. The Balaban J connectivity index is 1.61. The Labute approximate surface area is 147 Å². The number of fused-ring (bicyclic) bond motifs is 1. The van der Waals surface area contributed by atoms with Gasteiger partial charge in [-0.15, -0.1) is 0 Å². The largest absolute Gasteiger partial charge is 0.360 e. The molecule has 0 aromatic heterocycles. The molecule has 0 aliphatic carbocycles. The van der Waals surface area contributed by atoms with Gasteiger partial charge in [-0.25, -0.2) is 8.42 Å². The second-order valence-electron chi connectivity index (χ2n) is 8.47. The number of hydrogen-bond donors (Lipinski definition) is 0. The number of nitrogens with zero attached hydrogens (tertiary/aromatic N) is 2. The first-order chi connectivity index (χ1) is 11.5. The standard InChI is InChI=1S/C17H24N2O5S/c1-16(2,3)19-10-17-5-4-11(24-17)12(13(17)15(19)21)14(20)18-6-8-25(22,23)9-7-18/h4-5,11-13H,6-10H2,1-3H3/t11-,12?,13?,17-/m1/s1. The normalized spacial score (nSPS) is 39.2. The molecule has 2 bridgehead atoms. The predicted molar refractivity (Wildman–Crippen MR) is 90.4 cm³/mol. The van der Waals surface area contributed by atoms with Crippen molar-refractivity contribution in [2.75, 3.05) is 31.1 Å². The molecule has 4 rings (SSSR count). The first-order valence-corrected chi connectivity index (χ1v) is 10.5. The van der Waals surface area contributed by atoms with Gasteiger partial charge < -0.3 is 14.5 Å². The lowest BCUT2D eigenvalue weighted by Crippen LogP contribution is -2.51. The van der Waals surface area contributed by atoms with Crippen molar-refractivity contribution in [3.8, 4) is 0 Å². The molecule has 3 saturated heterocycles. The molecule has 4 heterocycles. The second kappa shape index (κ2) is 5.07. The molecular formula is C17H24N2O5S. The highest BCUT2D eigenvalue weighted by molar-refractivity contribution is 7.91. The summed E-state index contributed by atoms with van der Waals surface area (Å²) in [6, 6.07) is 0. The van der Waals surface area contributed by atoms with Crippen LogP contribution in [0.2, 0.25) is 0 Å². The van der Waals surface area contributed by atoms with Gasteiger partial charge in [0, 0.05) is 18.6 Å². The maximum Gasteiger partial charge on any atom is 0.230 e. The molecule has 2 amide bonds. The van der Waals surface area contributed by atoms with Crippen molar-refractivity contribution in [2.45, 2.75) is 38.0 Å². The van der Waals surface area contributed by atoms with Gasteiger partial charge in [0.15, 0.2) is 9.84 Å². The highest BCUT2D eigenvalue weighted by Crippen LogP contribution is 2.53. The zero-order valence-corrected chi connectivity index (χ0v) is 15.6. The summed E-state index contributed by atoms with van der Waals surface area (Å²) in [4.78, 5) is 29.5. The van der Waals surface area contributed by atoms with E-state index in [0.29, 0.717) is 6.54 Å². The molecule has 138 valence electrons. The lowest BCUT2D eigenvalue weighted by molar-refractivity contribution is -0.144. The number of carbonyl (C=O) groups excluding carboxylic acids is 2. The van der Waals surface area contributed by atoms with Crippen LogP contribution in [0, 0.1) is 11.8 Å². The zero-order valence-electron chi connectivity index (χ0n) is 14.8. The molecule has 1 spiro atoms. The van der Waals surface area contributed by atoms with Gasteiger partial charge in [-0.2, -0.15) is 0 Å². The fourth-order valence-electron chi connectivity index (χ4n) is 4.49. The van der Waals surface area contributed by atoms with Crippen LogP contribution in [0.25, 0.3) is 0 Å². The summed E-state index contributed by atoms with van der Waals surface area (Å²) in [5.41, 5.74) is -1.05. The van der Waals surface area contributed by atoms with Crippen LogP contribution in [0.4, 0.5) is 0 Å². The third-order valence-corrected chi connectivity index (χ3v) is 7.46. The average Bonchev–Trinajstić information content (AvgIpc) is 3.14. The second-order valence-corrected chi connectivity index (χ2v) is 10.8. The van der Waals surface area contributed by atoms with Crippen molar-refractivity contribution in [1.29, 1.82) is 0 Å². The first kappa shape index (κ1) is 17.0. The molecular weight excluding hydrogens is 344 g/mol. The van der Waals surface area contributed by atoms with E-state index in [1.807, 2.05) is 32.9 Å². The Morgan fingerprint density at radius 1 is 1.28 bits per heavy atom. The van der Waals surface area contributed by atoms with Gasteiger partial charge in [-0.1, -0.05) is 12.2 Å². The summed E-state index contributed by atoms with van der Waals surface area (Å²) in [5.74, 6) is -1.27.